The molecular weight excluding hydrogens is 438 g/mol. The summed E-state index contributed by atoms with van der Waals surface area (Å²) in [5.41, 5.74) is 4.47. The summed E-state index contributed by atoms with van der Waals surface area (Å²) in [4.78, 5) is 10.3. The third kappa shape index (κ3) is 3.75. The van der Waals surface area contributed by atoms with Gasteiger partial charge in [-0.05, 0) is 48.4 Å². The Morgan fingerprint density at radius 3 is 2.67 bits per heavy atom. The Labute approximate surface area is 191 Å². The van der Waals surface area contributed by atoms with Gasteiger partial charge in [0.15, 0.2) is 0 Å². The van der Waals surface area contributed by atoms with Crippen molar-refractivity contribution in [1.82, 2.24) is 29.3 Å². The highest BCUT2D eigenvalue weighted by Gasteiger charge is 2.50. The zero-order chi connectivity index (χ0) is 23.2. The molecule has 10 heteroatoms. The lowest BCUT2D eigenvalue weighted by Gasteiger charge is -2.46. The van der Waals surface area contributed by atoms with Crippen molar-refractivity contribution in [2.75, 3.05) is 19.3 Å². The summed E-state index contributed by atoms with van der Waals surface area (Å²) in [6.07, 6.45) is 6.47. The number of nitrogens with zero attached hydrogens (tertiary/aromatic N) is 7. The lowest BCUT2D eigenvalue weighted by molar-refractivity contribution is 0.0579. The van der Waals surface area contributed by atoms with E-state index < -0.39 is 15.6 Å². The molecule has 0 radical (unpaired) electrons. The van der Waals surface area contributed by atoms with Crippen molar-refractivity contribution >= 4 is 20.9 Å². The molecule has 1 aliphatic rings. The minimum absolute atomic E-state index is 0.117. The number of aryl methyl sites for hydroxylation is 1. The van der Waals surface area contributed by atoms with Gasteiger partial charge in [-0.1, -0.05) is 6.07 Å². The molecule has 3 aromatic heterocycles. The van der Waals surface area contributed by atoms with Crippen molar-refractivity contribution in [2.24, 2.45) is 0 Å². The second kappa shape index (κ2) is 7.72. The van der Waals surface area contributed by atoms with Gasteiger partial charge in [0, 0.05) is 42.1 Å². The van der Waals surface area contributed by atoms with E-state index in [1.807, 2.05) is 43.3 Å². The Morgan fingerprint density at radius 1 is 1.12 bits per heavy atom. The summed E-state index contributed by atoms with van der Waals surface area (Å²) in [5.74, 6) is 0. The Bertz CT molecular complexity index is 1520. The molecule has 4 aromatic rings. The van der Waals surface area contributed by atoms with E-state index in [0.29, 0.717) is 5.69 Å². The van der Waals surface area contributed by atoms with Crippen LogP contribution in [0.1, 0.15) is 12.1 Å². The monoisotopic (exact) mass is 459 g/mol. The van der Waals surface area contributed by atoms with Crippen LogP contribution >= 0.6 is 0 Å². The van der Waals surface area contributed by atoms with Crippen molar-refractivity contribution in [3.8, 4) is 28.5 Å². The summed E-state index contributed by atoms with van der Waals surface area (Å²) in [5, 5.41) is 19.5. The second-order valence-electron chi connectivity index (χ2n) is 8.39. The number of hydrogen-bond acceptors (Lipinski definition) is 7. The molecule has 1 fully saturated rings. The summed E-state index contributed by atoms with van der Waals surface area (Å²) >= 11 is 0. The average Bonchev–Trinajstić information content (AvgIpc) is 3.24. The molecule has 9 nitrogen and oxygen atoms in total. The van der Waals surface area contributed by atoms with Gasteiger partial charge >= 0.3 is 0 Å². The predicted molar refractivity (Wildman–Crippen MR) is 123 cm³/mol. The third-order valence-corrected chi connectivity index (χ3v) is 7.16. The summed E-state index contributed by atoms with van der Waals surface area (Å²) in [7, 11) is -3.34. The van der Waals surface area contributed by atoms with E-state index in [1.54, 1.807) is 18.6 Å². The van der Waals surface area contributed by atoms with E-state index in [2.05, 4.69) is 21.1 Å². The van der Waals surface area contributed by atoms with Gasteiger partial charge in [-0.2, -0.15) is 24.6 Å². The van der Waals surface area contributed by atoms with Gasteiger partial charge in [0.05, 0.1) is 30.5 Å². The fourth-order valence-corrected chi connectivity index (χ4v) is 5.15. The normalized spacial score (nSPS) is 15.8. The first kappa shape index (κ1) is 21.2. The van der Waals surface area contributed by atoms with Crippen LogP contribution < -0.4 is 0 Å². The molecule has 5 rings (SSSR count). The highest BCUT2D eigenvalue weighted by atomic mass is 32.2. The topological polar surface area (TPSA) is 118 Å². The molecule has 0 saturated carbocycles. The molecule has 1 saturated heterocycles. The fourth-order valence-electron chi connectivity index (χ4n) is 4.20. The standard InChI is InChI=1S/C23H21N7O2S/c1-16-10-17(5-9-25-16)18-11-20(19-4-3-8-26-21(19)12-18)22-13-27-30(28-22)23(6-7-24)14-29(15-23)33(2,31)32/h3-5,8-13H,6,14-15H2,1-2H3. The molecule has 0 aliphatic carbocycles. The zero-order valence-electron chi connectivity index (χ0n) is 18.2. The van der Waals surface area contributed by atoms with Crippen molar-refractivity contribution in [2.45, 2.75) is 18.9 Å². The van der Waals surface area contributed by atoms with Gasteiger partial charge in [0.1, 0.15) is 11.2 Å². The van der Waals surface area contributed by atoms with Crippen molar-refractivity contribution in [3.63, 3.8) is 0 Å². The maximum absolute atomic E-state index is 11.9. The second-order valence-corrected chi connectivity index (χ2v) is 10.4. The number of pyridine rings is 2. The SMILES string of the molecule is Cc1cc(-c2cc(-c3cnn(C4(CC#N)CN(S(C)(=O)=O)C4)n3)c3cccnc3c2)ccn1. The van der Waals surface area contributed by atoms with Crippen LogP contribution in [0.15, 0.2) is 55.0 Å². The largest absolute Gasteiger partial charge is 0.262 e. The smallest absolute Gasteiger partial charge is 0.211 e. The van der Waals surface area contributed by atoms with E-state index >= 15 is 0 Å². The maximum Gasteiger partial charge on any atom is 0.211 e. The van der Waals surface area contributed by atoms with Crippen LogP contribution in [0.3, 0.4) is 0 Å². The number of benzene rings is 1. The minimum Gasteiger partial charge on any atom is -0.262 e. The van der Waals surface area contributed by atoms with Gasteiger partial charge in [-0.25, -0.2) is 8.42 Å². The van der Waals surface area contributed by atoms with Gasteiger partial charge in [-0.3, -0.25) is 9.97 Å². The number of sulfonamides is 1. The van der Waals surface area contributed by atoms with Crippen LogP contribution in [0.25, 0.3) is 33.3 Å². The van der Waals surface area contributed by atoms with Gasteiger partial charge in [0.25, 0.3) is 0 Å². The fraction of sp³-hybridized carbons (Fsp3) is 0.261. The Balaban J connectivity index is 1.60. The van der Waals surface area contributed by atoms with E-state index in [4.69, 9.17) is 5.10 Å². The number of hydrogen-bond donors (Lipinski definition) is 0. The van der Waals surface area contributed by atoms with Crippen LogP contribution in [0.5, 0.6) is 0 Å². The molecule has 0 amide bonds. The van der Waals surface area contributed by atoms with Crippen molar-refractivity contribution in [1.29, 1.82) is 5.26 Å². The third-order valence-electron chi connectivity index (χ3n) is 5.96. The van der Waals surface area contributed by atoms with Crippen molar-refractivity contribution < 1.29 is 8.42 Å². The maximum atomic E-state index is 11.9. The first-order valence-electron chi connectivity index (χ1n) is 10.4. The molecule has 4 heterocycles. The lowest BCUT2D eigenvalue weighted by atomic mass is 9.90. The van der Waals surface area contributed by atoms with Crippen LogP contribution in [-0.4, -0.2) is 57.0 Å². The first-order chi connectivity index (χ1) is 15.8. The molecule has 1 aliphatic heterocycles. The molecule has 0 atom stereocenters. The number of nitriles is 1. The first-order valence-corrected chi connectivity index (χ1v) is 12.2. The van der Waals surface area contributed by atoms with Crippen LogP contribution in [0, 0.1) is 18.3 Å². The molecule has 0 spiro atoms. The molecule has 0 bridgehead atoms. The molecule has 0 N–H and O–H groups in total. The van der Waals surface area contributed by atoms with E-state index in [-0.39, 0.29) is 19.5 Å². The van der Waals surface area contributed by atoms with Crippen molar-refractivity contribution in [3.05, 3.63) is 60.7 Å². The van der Waals surface area contributed by atoms with Crippen LogP contribution in [-0.2, 0) is 15.6 Å². The molecule has 33 heavy (non-hydrogen) atoms. The molecule has 0 unspecified atom stereocenters. The highest BCUT2D eigenvalue weighted by Crippen LogP contribution is 2.36. The number of aromatic nitrogens is 5. The molecule has 166 valence electrons. The van der Waals surface area contributed by atoms with Gasteiger partial charge in [0.2, 0.25) is 10.0 Å². The summed E-state index contributed by atoms with van der Waals surface area (Å²) in [6, 6.07) is 14.1. The van der Waals surface area contributed by atoms with Crippen LogP contribution in [0.4, 0.5) is 0 Å². The Kier molecular flexibility index (Phi) is 4.96. The summed E-state index contributed by atoms with van der Waals surface area (Å²) in [6.45, 7) is 2.29. The number of rotatable bonds is 5. The lowest BCUT2D eigenvalue weighted by Crippen LogP contribution is -2.64. The Morgan fingerprint density at radius 2 is 1.94 bits per heavy atom. The average molecular weight is 460 g/mol. The molecular formula is C23H21N7O2S. The summed E-state index contributed by atoms with van der Waals surface area (Å²) < 4.78 is 25.1. The molecule has 1 aromatic carbocycles. The van der Waals surface area contributed by atoms with E-state index in [0.717, 1.165) is 39.5 Å². The minimum atomic E-state index is -3.34. The predicted octanol–water partition coefficient (Wildman–Crippen LogP) is 2.75. The zero-order valence-corrected chi connectivity index (χ0v) is 19.0. The quantitative estimate of drug-likeness (QED) is 0.450. The van der Waals surface area contributed by atoms with E-state index in [9.17, 15) is 13.7 Å². The van der Waals surface area contributed by atoms with Crippen LogP contribution in [0.2, 0.25) is 0 Å². The highest BCUT2D eigenvalue weighted by molar-refractivity contribution is 7.88. The van der Waals surface area contributed by atoms with Gasteiger partial charge in [-0.15, -0.1) is 0 Å². The van der Waals surface area contributed by atoms with Gasteiger partial charge < -0.3 is 0 Å². The van der Waals surface area contributed by atoms with E-state index in [1.165, 1.54) is 9.10 Å². The number of fused-ring (bicyclic) bond motifs is 1. The Hall–Kier alpha value is -3.68.